The maximum atomic E-state index is 11.1. The molecule has 0 bridgehead atoms. The number of phosphoric acid groups is 1. The summed E-state index contributed by atoms with van der Waals surface area (Å²) < 4.78 is 22.5. The van der Waals surface area contributed by atoms with Crippen molar-refractivity contribution in [1.82, 2.24) is 19.5 Å². The van der Waals surface area contributed by atoms with Crippen LogP contribution in [0.1, 0.15) is 6.23 Å². The third-order valence-electron chi connectivity index (χ3n) is 3.41. The molecular weight excluding hydrogens is 333 g/mol. The minimum absolute atomic E-state index is 0.110. The maximum absolute atomic E-state index is 11.1. The van der Waals surface area contributed by atoms with Gasteiger partial charge in [0.2, 0.25) is 0 Å². The van der Waals surface area contributed by atoms with E-state index < -0.39 is 39.0 Å². The normalized spacial score (nSPS) is 28.5. The molecule has 0 aliphatic carbocycles. The number of ether oxygens (including phenoxy) is 1. The number of aliphatic hydroxyl groups is 2. The van der Waals surface area contributed by atoms with Crippen molar-refractivity contribution in [3.63, 3.8) is 0 Å². The van der Waals surface area contributed by atoms with Gasteiger partial charge in [0.25, 0.3) is 0 Å². The van der Waals surface area contributed by atoms with Crippen LogP contribution < -0.4 is 5.73 Å². The third kappa shape index (κ3) is 2.93. The molecule has 2 aromatic rings. The number of nitrogen functional groups attached to an aromatic ring is 1. The van der Waals surface area contributed by atoms with Crippen molar-refractivity contribution < 1.29 is 33.8 Å². The molecule has 3 rings (SSSR count). The monoisotopic (exact) mass is 347 g/mol. The molecule has 126 valence electrons. The van der Waals surface area contributed by atoms with Gasteiger partial charge in [-0.1, -0.05) is 0 Å². The molecule has 0 spiro atoms. The molecule has 0 radical (unpaired) electrons. The Balaban J connectivity index is 2.04. The summed E-state index contributed by atoms with van der Waals surface area (Å²) in [6.45, 7) is -0.567. The summed E-state index contributed by atoms with van der Waals surface area (Å²) in [5.74, 6) is 0.110. The molecule has 23 heavy (non-hydrogen) atoms. The molecule has 1 fully saturated rings. The molecule has 1 saturated heterocycles. The first-order chi connectivity index (χ1) is 10.8. The van der Waals surface area contributed by atoms with Crippen LogP contribution >= 0.6 is 7.82 Å². The van der Waals surface area contributed by atoms with Crippen LogP contribution in [0.4, 0.5) is 5.82 Å². The Kier molecular flexibility index (Phi) is 4.06. The molecule has 1 aliphatic rings. The summed E-state index contributed by atoms with van der Waals surface area (Å²) in [4.78, 5) is 29.8. The van der Waals surface area contributed by atoms with Crippen molar-refractivity contribution in [3.05, 3.63) is 12.7 Å². The fraction of sp³-hybridized carbons (Fsp3) is 0.500. The van der Waals surface area contributed by atoms with Crippen molar-refractivity contribution >= 4 is 24.8 Å². The molecule has 13 heteroatoms. The number of aliphatic hydroxyl groups excluding tert-OH is 2. The first-order valence-electron chi connectivity index (χ1n) is 6.43. The number of nitrogens with two attached hydrogens (primary N) is 1. The number of rotatable bonds is 4. The topological polar surface area (TPSA) is 186 Å². The van der Waals surface area contributed by atoms with Gasteiger partial charge >= 0.3 is 7.82 Å². The molecule has 0 unspecified atom stereocenters. The van der Waals surface area contributed by atoms with E-state index in [0.717, 1.165) is 0 Å². The Bertz CT molecular complexity index is 763. The predicted octanol–water partition coefficient (Wildman–Crippen LogP) is -1.86. The van der Waals surface area contributed by atoms with E-state index in [1.165, 1.54) is 17.2 Å². The zero-order valence-electron chi connectivity index (χ0n) is 11.5. The number of anilines is 1. The lowest BCUT2D eigenvalue weighted by Crippen LogP contribution is -2.34. The van der Waals surface area contributed by atoms with Crippen molar-refractivity contribution in [2.24, 2.45) is 0 Å². The van der Waals surface area contributed by atoms with Crippen LogP contribution in [0.2, 0.25) is 0 Å². The van der Waals surface area contributed by atoms with E-state index in [9.17, 15) is 14.8 Å². The molecule has 0 amide bonds. The van der Waals surface area contributed by atoms with Crippen molar-refractivity contribution in [3.8, 4) is 0 Å². The lowest BCUT2D eigenvalue weighted by Gasteiger charge is -2.21. The van der Waals surface area contributed by atoms with Gasteiger partial charge in [0, 0.05) is 0 Å². The van der Waals surface area contributed by atoms with Gasteiger partial charge in [-0.15, -0.1) is 0 Å². The highest BCUT2D eigenvalue weighted by molar-refractivity contribution is 7.46. The van der Waals surface area contributed by atoms with E-state index >= 15 is 0 Å². The molecule has 0 aromatic carbocycles. The highest BCUT2D eigenvalue weighted by Gasteiger charge is 2.48. The second kappa shape index (κ2) is 5.76. The number of phosphoric ester groups is 1. The van der Waals surface area contributed by atoms with Crippen molar-refractivity contribution in [2.75, 3.05) is 12.3 Å². The summed E-state index contributed by atoms with van der Waals surface area (Å²) in [5.41, 5.74) is 6.16. The summed E-state index contributed by atoms with van der Waals surface area (Å²) in [6, 6.07) is 0. The average molecular weight is 347 g/mol. The summed E-state index contributed by atoms with van der Waals surface area (Å²) >= 11 is 0. The second-order valence-electron chi connectivity index (χ2n) is 4.88. The molecule has 1 aliphatic heterocycles. The minimum atomic E-state index is -4.91. The number of nitrogens with zero attached hydrogens (tertiary/aromatic N) is 4. The van der Waals surface area contributed by atoms with Gasteiger partial charge in [-0.3, -0.25) is 9.09 Å². The summed E-state index contributed by atoms with van der Waals surface area (Å²) in [6.07, 6.45) is -2.72. The number of aromatic nitrogens is 4. The van der Waals surface area contributed by atoms with Gasteiger partial charge in [-0.05, 0) is 0 Å². The highest BCUT2D eigenvalue weighted by atomic mass is 31.2. The van der Waals surface area contributed by atoms with Gasteiger partial charge in [-0.25, -0.2) is 19.5 Å². The van der Waals surface area contributed by atoms with Crippen LogP contribution in [0.15, 0.2) is 12.7 Å². The average Bonchev–Trinajstić information content (AvgIpc) is 3.01. The van der Waals surface area contributed by atoms with E-state index in [1.54, 1.807) is 0 Å². The van der Waals surface area contributed by atoms with Gasteiger partial charge < -0.3 is 30.5 Å². The summed E-state index contributed by atoms with van der Waals surface area (Å²) in [5, 5.41) is 19.3. The third-order valence-corrected chi connectivity index (χ3v) is 3.93. The van der Waals surface area contributed by atoms with Crippen LogP contribution in [-0.4, -0.2) is 64.4 Å². The number of fused-ring (bicyclic) bond motifs is 1. The smallest absolute Gasteiger partial charge is 0.394 e. The van der Waals surface area contributed by atoms with Crippen LogP contribution in [0, 0.1) is 0 Å². The number of hydrogen-bond acceptors (Lipinski definition) is 9. The molecule has 6 N–H and O–H groups in total. The Hall–Kier alpha value is -1.66. The molecular formula is C10H14N5O7P. The van der Waals surface area contributed by atoms with Crippen LogP contribution in [0.3, 0.4) is 0 Å². The van der Waals surface area contributed by atoms with E-state index in [-0.39, 0.29) is 17.0 Å². The maximum Gasteiger partial charge on any atom is 0.470 e. The van der Waals surface area contributed by atoms with Crippen LogP contribution in [0.5, 0.6) is 0 Å². The standard InChI is InChI=1S/C10H14N5O7P/c11-8-5-9(13-2-12-8)15(3-14-5)10-7(22-23(18,19)20)6(17)4(1-16)21-10/h2-4,6-7,10,16-17H,1H2,(H2,11,12,13)(H2,18,19,20)/t4-,6+,7+,10+/m0/s1. The van der Waals surface area contributed by atoms with Crippen LogP contribution in [0.25, 0.3) is 11.2 Å². The summed E-state index contributed by atoms with van der Waals surface area (Å²) in [7, 11) is -4.91. The predicted molar refractivity (Wildman–Crippen MR) is 73.7 cm³/mol. The molecule has 12 nitrogen and oxygen atoms in total. The lowest BCUT2D eigenvalue weighted by atomic mass is 10.1. The van der Waals surface area contributed by atoms with Crippen molar-refractivity contribution in [1.29, 1.82) is 0 Å². The Morgan fingerprint density at radius 1 is 1.39 bits per heavy atom. The largest absolute Gasteiger partial charge is 0.470 e. The molecule has 4 atom stereocenters. The first kappa shape index (κ1) is 16.2. The van der Waals surface area contributed by atoms with E-state index in [4.69, 9.17) is 20.3 Å². The lowest BCUT2D eigenvalue weighted by molar-refractivity contribution is -0.0505. The Morgan fingerprint density at radius 3 is 2.78 bits per heavy atom. The van der Waals surface area contributed by atoms with Crippen LogP contribution in [-0.2, 0) is 13.8 Å². The minimum Gasteiger partial charge on any atom is -0.394 e. The van der Waals surface area contributed by atoms with Gasteiger partial charge in [-0.2, -0.15) is 0 Å². The molecule has 0 saturated carbocycles. The zero-order valence-corrected chi connectivity index (χ0v) is 12.4. The van der Waals surface area contributed by atoms with Gasteiger partial charge in [0.15, 0.2) is 17.7 Å². The van der Waals surface area contributed by atoms with Crippen molar-refractivity contribution in [2.45, 2.75) is 24.5 Å². The quantitative estimate of drug-likeness (QED) is 0.390. The highest BCUT2D eigenvalue weighted by Crippen LogP contribution is 2.45. The number of imidazole rings is 1. The van der Waals surface area contributed by atoms with Gasteiger partial charge in [0.05, 0.1) is 12.9 Å². The van der Waals surface area contributed by atoms with Gasteiger partial charge in [0.1, 0.15) is 30.2 Å². The fourth-order valence-electron chi connectivity index (χ4n) is 2.42. The zero-order chi connectivity index (χ0) is 16.8. The molecule has 2 aromatic heterocycles. The van der Waals surface area contributed by atoms with E-state index in [2.05, 4.69) is 19.5 Å². The molecule has 3 heterocycles. The fourth-order valence-corrected chi connectivity index (χ4v) is 2.97. The second-order valence-corrected chi connectivity index (χ2v) is 6.07. The Labute approximate surface area is 128 Å². The number of hydrogen-bond donors (Lipinski definition) is 5. The van der Waals surface area contributed by atoms with E-state index in [1.807, 2.05) is 0 Å². The SMILES string of the molecule is Nc1ncnc2c1ncn2[C@@H]1O[C@@H](CO)[C@@H](O)[C@H]1OP(=O)(O)O. The first-order valence-corrected chi connectivity index (χ1v) is 7.96. The van der Waals surface area contributed by atoms with E-state index in [0.29, 0.717) is 0 Å². The Morgan fingerprint density at radius 2 is 2.13 bits per heavy atom.